The zero-order valence-electron chi connectivity index (χ0n) is 51.7. The Balaban J connectivity index is 5.26. The number of unbranched alkanes of at least 4 members (excludes halogenated alkanes) is 22. The minimum absolute atomic E-state index is 0.101. The summed E-state index contributed by atoms with van der Waals surface area (Å²) in [4.78, 5) is 72.0. The number of esters is 4. The highest BCUT2D eigenvalue weighted by atomic mass is 31.2. The first-order valence-electron chi connectivity index (χ1n) is 31.8. The minimum Gasteiger partial charge on any atom is -0.462 e. The van der Waals surface area contributed by atoms with E-state index in [1.54, 1.807) is 0 Å². The highest BCUT2D eigenvalue weighted by molar-refractivity contribution is 7.47. The number of rotatable bonds is 58. The molecule has 19 heteroatoms. The largest absolute Gasteiger partial charge is 0.472 e. The van der Waals surface area contributed by atoms with E-state index < -0.39 is 97.5 Å². The van der Waals surface area contributed by atoms with Gasteiger partial charge in [-0.25, -0.2) is 9.13 Å². The summed E-state index contributed by atoms with van der Waals surface area (Å²) < 4.78 is 67.8. The molecule has 0 aliphatic carbocycles. The molecule has 17 nitrogen and oxygen atoms in total. The molecule has 0 saturated heterocycles. The molecule has 0 aliphatic heterocycles. The van der Waals surface area contributed by atoms with Crippen LogP contribution in [0.2, 0.25) is 0 Å². The van der Waals surface area contributed by atoms with E-state index in [0.717, 1.165) is 115 Å². The number of phosphoric acid groups is 2. The van der Waals surface area contributed by atoms with Crippen molar-refractivity contribution >= 4 is 39.5 Å². The molecule has 0 aromatic carbocycles. The van der Waals surface area contributed by atoms with Gasteiger partial charge in [-0.2, -0.15) is 0 Å². The first kappa shape index (κ1) is 78.1. The highest BCUT2D eigenvalue weighted by Crippen LogP contribution is 2.45. The normalized spacial score (nSPS) is 15.2. The summed E-state index contributed by atoms with van der Waals surface area (Å²) in [6.07, 6.45) is 29.6. The first-order valence-corrected chi connectivity index (χ1v) is 34.8. The van der Waals surface area contributed by atoms with Crippen LogP contribution in [0.15, 0.2) is 0 Å². The van der Waals surface area contributed by atoms with Gasteiger partial charge in [0, 0.05) is 25.7 Å². The van der Waals surface area contributed by atoms with Gasteiger partial charge >= 0.3 is 39.5 Å². The summed E-state index contributed by atoms with van der Waals surface area (Å²) >= 11 is 0. The first-order chi connectivity index (χ1) is 38.2. The number of hydrogen-bond donors (Lipinski definition) is 3. The van der Waals surface area contributed by atoms with Gasteiger partial charge in [0.15, 0.2) is 12.2 Å². The van der Waals surface area contributed by atoms with E-state index in [1.807, 2.05) is 0 Å². The van der Waals surface area contributed by atoms with Gasteiger partial charge in [0.25, 0.3) is 0 Å². The molecule has 0 aromatic heterocycles. The van der Waals surface area contributed by atoms with Gasteiger partial charge in [-0.05, 0) is 49.4 Å². The van der Waals surface area contributed by atoms with Gasteiger partial charge in [-0.1, -0.05) is 235 Å². The van der Waals surface area contributed by atoms with Crippen LogP contribution in [0, 0.1) is 23.7 Å². The van der Waals surface area contributed by atoms with Crippen molar-refractivity contribution in [2.75, 3.05) is 39.6 Å². The number of carbonyl (C=O) groups is 4. The number of aliphatic hydroxyl groups excluding tert-OH is 1. The van der Waals surface area contributed by atoms with Crippen molar-refractivity contribution in [2.45, 2.75) is 305 Å². The lowest BCUT2D eigenvalue weighted by Gasteiger charge is -2.21. The van der Waals surface area contributed by atoms with Gasteiger partial charge in [0.1, 0.15) is 19.3 Å². The second-order valence-corrected chi connectivity index (χ2v) is 26.4. The number of hydrogen-bond acceptors (Lipinski definition) is 15. The van der Waals surface area contributed by atoms with E-state index in [2.05, 4.69) is 55.4 Å². The number of phosphoric ester groups is 2. The van der Waals surface area contributed by atoms with Gasteiger partial charge in [0.2, 0.25) is 0 Å². The third-order valence-electron chi connectivity index (χ3n) is 14.5. The molecule has 0 spiro atoms. The fourth-order valence-corrected chi connectivity index (χ4v) is 10.4. The molecule has 0 fully saturated rings. The molecular formula is C61H118O17P2. The quantitative estimate of drug-likeness (QED) is 0.0222. The summed E-state index contributed by atoms with van der Waals surface area (Å²) in [6.45, 7) is 13.9. The Morgan fingerprint density at radius 3 is 0.887 bits per heavy atom. The minimum atomic E-state index is -4.94. The predicted octanol–water partition coefficient (Wildman–Crippen LogP) is 16.2. The average Bonchev–Trinajstić information content (AvgIpc) is 3.41. The third kappa shape index (κ3) is 52.8. The molecule has 0 bridgehead atoms. The molecule has 0 radical (unpaired) electrons. The fraction of sp³-hybridized carbons (Fsp3) is 0.934. The molecular weight excluding hydrogens is 1070 g/mol. The van der Waals surface area contributed by atoms with Crippen LogP contribution in [0.5, 0.6) is 0 Å². The van der Waals surface area contributed by atoms with Crippen molar-refractivity contribution in [3.05, 3.63) is 0 Å². The summed E-state index contributed by atoms with van der Waals surface area (Å²) in [5.41, 5.74) is 0. The number of ether oxygens (including phenoxy) is 4. The standard InChI is InChI=1S/C61H118O17P2/c1-9-53(7)39-31-23-17-19-26-34-42-59(64)72-48-56(77-60(65)43-35-27-16-12-14-22-30-38-52(5)6)49-75-79(67,68)73-45-55(62)46-74-80(69,70)76-50-57(78-61(66)44-36-28-20-18-24-32-40-54(8)10-2)47-71-58(63)41-33-25-15-11-13-21-29-37-51(3)4/h51-57,62H,9-50H2,1-8H3,(H,67,68)(H,69,70)/t53?,54?,55-,56+,57+/m0/s1. The molecule has 3 N–H and O–H groups in total. The Morgan fingerprint density at radius 2 is 0.600 bits per heavy atom. The molecule has 80 heavy (non-hydrogen) atoms. The van der Waals surface area contributed by atoms with E-state index in [1.165, 1.54) is 77.0 Å². The fourth-order valence-electron chi connectivity index (χ4n) is 8.83. The summed E-state index contributed by atoms with van der Waals surface area (Å²) in [7, 11) is -9.88. The van der Waals surface area contributed by atoms with Gasteiger partial charge in [-0.3, -0.25) is 37.3 Å². The molecule has 0 aliphatic rings. The predicted molar refractivity (Wildman–Crippen MR) is 317 cm³/mol. The Morgan fingerprint density at radius 1 is 0.350 bits per heavy atom. The van der Waals surface area contributed by atoms with Crippen molar-refractivity contribution < 1.29 is 80.2 Å². The topological polar surface area (TPSA) is 237 Å². The van der Waals surface area contributed by atoms with Gasteiger partial charge < -0.3 is 33.8 Å². The maximum absolute atomic E-state index is 12.9. The molecule has 7 atom stereocenters. The maximum atomic E-state index is 12.9. The van der Waals surface area contributed by atoms with Crippen molar-refractivity contribution in [3.8, 4) is 0 Å². The monoisotopic (exact) mass is 1180 g/mol. The van der Waals surface area contributed by atoms with Crippen LogP contribution in [0.4, 0.5) is 0 Å². The summed E-state index contributed by atoms with van der Waals surface area (Å²) in [5.74, 6) is 0.703. The van der Waals surface area contributed by atoms with Crippen LogP contribution in [-0.2, 0) is 65.4 Å². The van der Waals surface area contributed by atoms with Crippen molar-refractivity contribution in [1.82, 2.24) is 0 Å². The molecule has 4 unspecified atom stereocenters. The maximum Gasteiger partial charge on any atom is 0.472 e. The second-order valence-electron chi connectivity index (χ2n) is 23.5. The lowest BCUT2D eigenvalue weighted by molar-refractivity contribution is -0.161. The SMILES string of the molecule is CCC(C)CCCCCCCCC(=O)OC[C@H](COP(=O)(O)OC[C@H](O)COP(=O)(O)OC[C@@H](COC(=O)CCCCCCCCCC(C)C)OC(=O)CCCCCCCCC(C)CC)OC(=O)CCCCCCCCCC(C)C. The molecule has 0 saturated carbocycles. The lowest BCUT2D eigenvalue weighted by Crippen LogP contribution is -2.30. The zero-order valence-corrected chi connectivity index (χ0v) is 53.5. The lowest BCUT2D eigenvalue weighted by atomic mass is 10.00. The van der Waals surface area contributed by atoms with Crippen LogP contribution < -0.4 is 0 Å². The van der Waals surface area contributed by atoms with Crippen LogP contribution in [0.1, 0.15) is 287 Å². The van der Waals surface area contributed by atoms with Gasteiger partial charge in [0.05, 0.1) is 26.4 Å². The number of carbonyl (C=O) groups excluding carboxylic acids is 4. The molecule has 0 rings (SSSR count). The molecule has 0 aromatic rings. The molecule has 474 valence electrons. The van der Waals surface area contributed by atoms with Gasteiger partial charge in [-0.15, -0.1) is 0 Å². The van der Waals surface area contributed by atoms with Crippen LogP contribution >= 0.6 is 15.6 Å². The van der Waals surface area contributed by atoms with Crippen molar-refractivity contribution in [3.63, 3.8) is 0 Å². The van der Waals surface area contributed by atoms with E-state index in [-0.39, 0.29) is 25.7 Å². The van der Waals surface area contributed by atoms with E-state index in [0.29, 0.717) is 37.5 Å². The third-order valence-corrected chi connectivity index (χ3v) is 16.4. The smallest absolute Gasteiger partial charge is 0.462 e. The summed E-state index contributed by atoms with van der Waals surface area (Å²) in [5, 5.41) is 10.5. The Bertz CT molecular complexity index is 1610. The Hall–Kier alpha value is -1.94. The molecule has 0 amide bonds. The Labute approximate surface area is 486 Å². The molecule has 0 heterocycles. The van der Waals surface area contributed by atoms with E-state index in [9.17, 15) is 43.2 Å². The zero-order chi connectivity index (χ0) is 59.7. The highest BCUT2D eigenvalue weighted by Gasteiger charge is 2.30. The van der Waals surface area contributed by atoms with Crippen LogP contribution in [-0.4, -0.2) is 96.7 Å². The second kappa shape index (κ2) is 51.5. The number of aliphatic hydroxyl groups is 1. The van der Waals surface area contributed by atoms with Crippen LogP contribution in [0.25, 0.3) is 0 Å². The van der Waals surface area contributed by atoms with Crippen molar-refractivity contribution in [2.24, 2.45) is 23.7 Å². The average molecular weight is 1190 g/mol. The summed E-state index contributed by atoms with van der Waals surface area (Å²) in [6, 6.07) is 0. The van der Waals surface area contributed by atoms with E-state index >= 15 is 0 Å². The van der Waals surface area contributed by atoms with Crippen LogP contribution in [0.3, 0.4) is 0 Å². The Kier molecular flexibility index (Phi) is 50.2. The van der Waals surface area contributed by atoms with Crippen molar-refractivity contribution in [1.29, 1.82) is 0 Å². The van der Waals surface area contributed by atoms with E-state index in [4.69, 9.17) is 37.0 Å².